The van der Waals surface area contributed by atoms with E-state index in [1.54, 1.807) is 0 Å². The Bertz CT molecular complexity index is 303. The molecular weight excluding hydrogens is 328 g/mol. The molecule has 26 heavy (non-hydrogen) atoms. The van der Waals surface area contributed by atoms with Crippen molar-refractivity contribution in [3.8, 4) is 0 Å². The molecule has 2 N–H and O–H groups in total. The number of hydrogen-bond acceptors (Lipinski definition) is 2. The van der Waals surface area contributed by atoms with Gasteiger partial charge in [-0.05, 0) is 12.8 Å². The van der Waals surface area contributed by atoms with Gasteiger partial charge in [-0.3, -0.25) is 9.59 Å². The monoisotopic (exact) mass is 372 g/mol. The van der Waals surface area contributed by atoms with Gasteiger partial charge in [-0.1, -0.05) is 104 Å². The maximum Gasteiger partial charge on any atom is 0.303 e. The number of unbranched alkanes of at least 4 members (excludes halogenated alkanes) is 14. The van der Waals surface area contributed by atoms with Crippen LogP contribution in [0.1, 0.15) is 129 Å². The van der Waals surface area contributed by atoms with Crippen molar-refractivity contribution in [2.75, 3.05) is 0 Å². The van der Waals surface area contributed by atoms with Gasteiger partial charge in [0.15, 0.2) is 0 Å². The van der Waals surface area contributed by atoms with Gasteiger partial charge in [0, 0.05) is 12.8 Å². The smallest absolute Gasteiger partial charge is 0.303 e. The summed E-state index contributed by atoms with van der Waals surface area (Å²) in [5.41, 5.74) is 0. The van der Waals surface area contributed by atoms with Crippen LogP contribution in [-0.2, 0) is 9.59 Å². The van der Waals surface area contributed by atoms with Crippen LogP contribution in [0.3, 0.4) is 0 Å². The van der Waals surface area contributed by atoms with Crippen molar-refractivity contribution < 1.29 is 19.8 Å². The number of carboxylic acid groups (broad SMARTS) is 2. The Morgan fingerprint density at radius 1 is 0.462 bits per heavy atom. The number of carboxylic acids is 2. The fourth-order valence-corrected chi connectivity index (χ4v) is 2.82. The van der Waals surface area contributed by atoms with Crippen molar-refractivity contribution in [3.63, 3.8) is 0 Å². The van der Waals surface area contributed by atoms with Crippen molar-refractivity contribution in [1.29, 1.82) is 0 Å². The van der Waals surface area contributed by atoms with Crippen molar-refractivity contribution >= 4 is 11.9 Å². The number of aliphatic carboxylic acids is 2. The van der Waals surface area contributed by atoms with Gasteiger partial charge in [-0.25, -0.2) is 0 Å². The molecule has 0 unspecified atom stereocenters. The van der Waals surface area contributed by atoms with Gasteiger partial charge < -0.3 is 10.2 Å². The van der Waals surface area contributed by atoms with Gasteiger partial charge in [-0.2, -0.15) is 0 Å². The highest BCUT2D eigenvalue weighted by Gasteiger charge is 1.97. The molecule has 0 radical (unpaired) electrons. The highest BCUT2D eigenvalue weighted by atomic mass is 16.4. The van der Waals surface area contributed by atoms with Gasteiger partial charge >= 0.3 is 11.9 Å². The van der Waals surface area contributed by atoms with Crippen LogP contribution in [0, 0.1) is 0 Å². The lowest BCUT2D eigenvalue weighted by Gasteiger charge is -2.02. The summed E-state index contributed by atoms with van der Waals surface area (Å²) in [7, 11) is 0. The lowest BCUT2D eigenvalue weighted by molar-refractivity contribution is -0.138. The first-order chi connectivity index (χ1) is 12.5. The molecule has 0 atom stereocenters. The molecule has 0 heterocycles. The van der Waals surface area contributed by atoms with E-state index in [-0.39, 0.29) is 0 Å². The standard InChI is InChI=1S/C16H32O2.C6H12O2/c1-2-3-4-5-6-7-8-9-10-11-12-13-14-15-16(17)18;1-2-3-4-5-6(7)8/h2-15H2,1H3,(H,17,18);2-5H2,1H3,(H,7,8). The van der Waals surface area contributed by atoms with E-state index in [9.17, 15) is 9.59 Å². The summed E-state index contributed by atoms with van der Waals surface area (Å²) in [5.74, 6) is -1.34. The molecule has 4 heteroatoms. The molecule has 0 aromatic rings. The Balaban J connectivity index is 0. The van der Waals surface area contributed by atoms with Crippen molar-refractivity contribution in [2.45, 2.75) is 129 Å². The number of rotatable bonds is 18. The summed E-state index contributed by atoms with van der Waals surface area (Å²) in [4.78, 5) is 20.2. The van der Waals surface area contributed by atoms with Crippen LogP contribution < -0.4 is 0 Å². The normalized spacial score (nSPS) is 10.2. The van der Waals surface area contributed by atoms with E-state index >= 15 is 0 Å². The van der Waals surface area contributed by atoms with Crippen LogP contribution >= 0.6 is 0 Å². The maximum atomic E-state index is 10.3. The molecule has 0 spiro atoms. The molecule has 0 aliphatic rings. The van der Waals surface area contributed by atoms with Gasteiger partial charge in [0.2, 0.25) is 0 Å². The zero-order valence-electron chi connectivity index (χ0n) is 17.4. The van der Waals surface area contributed by atoms with Crippen LogP contribution in [-0.4, -0.2) is 22.2 Å². The second kappa shape index (κ2) is 23.9. The van der Waals surface area contributed by atoms with Crippen LogP contribution in [0.4, 0.5) is 0 Å². The maximum absolute atomic E-state index is 10.3. The minimum Gasteiger partial charge on any atom is -0.481 e. The van der Waals surface area contributed by atoms with E-state index in [1.165, 1.54) is 70.6 Å². The summed E-state index contributed by atoms with van der Waals surface area (Å²) >= 11 is 0. The molecule has 0 aliphatic carbocycles. The topological polar surface area (TPSA) is 74.6 Å². The predicted octanol–water partition coefficient (Wildman–Crippen LogP) is 7.20. The fraction of sp³-hybridized carbons (Fsp3) is 0.909. The summed E-state index contributed by atoms with van der Waals surface area (Å²) in [6.45, 7) is 4.32. The zero-order valence-corrected chi connectivity index (χ0v) is 17.4. The molecule has 0 amide bonds. The van der Waals surface area contributed by atoms with Crippen LogP contribution in [0.5, 0.6) is 0 Å². The Morgan fingerprint density at radius 3 is 1.00 bits per heavy atom. The summed E-state index contributed by atoms with van der Waals surface area (Å²) in [5, 5.41) is 16.6. The van der Waals surface area contributed by atoms with E-state index in [1.807, 2.05) is 0 Å². The highest BCUT2D eigenvalue weighted by Crippen LogP contribution is 2.12. The van der Waals surface area contributed by atoms with E-state index in [2.05, 4.69) is 13.8 Å². The third kappa shape index (κ3) is 30.8. The third-order valence-corrected chi connectivity index (χ3v) is 4.49. The van der Waals surface area contributed by atoms with Crippen molar-refractivity contribution in [2.24, 2.45) is 0 Å². The third-order valence-electron chi connectivity index (χ3n) is 4.49. The Labute approximate surface area is 161 Å². The molecule has 0 aliphatic heterocycles. The lowest BCUT2D eigenvalue weighted by Crippen LogP contribution is -1.93. The molecule has 156 valence electrons. The average Bonchev–Trinajstić information content (AvgIpc) is 2.59. The molecule has 0 saturated heterocycles. The summed E-state index contributed by atoms with van der Waals surface area (Å²) in [6.07, 6.45) is 20.5. The zero-order chi connectivity index (χ0) is 19.9. The van der Waals surface area contributed by atoms with Crippen molar-refractivity contribution in [1.82, 2.24) is 0 Å². The number of carbonyl (C=O) groups is 2. The molecule has 0 rings (SSSR count). The van der Waals surface area contributed by atoms with E-state index in [0.29, 0.717) is 12.8 Å². The molecule has 0 saturated carbocycles. The number of hydrogen-bond donors (Lipinski definition) is 2. The summed E-state index contributed by atoms with van der Waals surface area (Å²) < 4.78 is 0. The molecule has 0 aromatic carbocycles. The lowest BCUT2D eigenvalue weighted by atomic mass is 10.0. The van der Waals surface area contributed by atoms with E-state index < -0.39 is 11.9 Å². The summed E-state index contributed by atoms with van der Waals surface area (Å²) in [6, 6.07) is 0. The highest BCUT2D eigenvalue weighted by molar-refractivity contribution is 5.66. The van der Waals surface area contributed by atoms with Gasteiger partial charge in [0.1, 0.15) is 0 Å². The molecule has 4 nitrogen and oxygen atoms in total. The Hall–Kier alpha value is -1.06. The Morgan fingerprint density at radius 2 is 0.692 bits per heavy atom. The molecule has 0 bridgehead atoms. The minimum atomic E-state index is -0.682. The second-order valence-electron chi connectivity index (χ2n) is 7.24. The van der Waals surface area contributed by atoms with Crippen LogP contribution in [0.15, 0.2) is 0 Å². The average molecular weight is 373 g/mol. The first kappa shape index (κ1) is 27.2. The SMILES string of the molecule is CCCCCC(=O)O.CCCCCCCCCCCCCCCC(=O)O. The Kier molecular flexibility index (Phi) is 25.0. The molecule has 0 fully saturated rings. The van der Waals surface area contributed by atoms with Crippen LogP contribution in [0.2, 0.25) is 0 Å². The molecule has 0 aromatic heterocycles. The first-order valence-corrected chi connectivity index (χ1v) is 11.0. The van der Waals surface area contributed by atoms with Crippen LogP contribution in [0.25, 0.3) is 0 Å². The molecular formula is C22H44O4. The van der Waals surface area contributed by atoms with Gasteiger partial charge in [0.05, 0.1) is 0 Å². The van der Waals surface area contributed by atoms with Gasteiger partial charge in [0.25, 0.3) is 0 Å². The largest absolute Gasteiger partial charge is 0.481 e. The minimum absolute atomic E-state index is 0.327. The second-order valence-corrected chi connectivity index (χ2v) is 7.24. The quantitative estimate of drug-likeness (QED) is 0.249. The first-order valence-electron chi connectivity index (χ1n) is 11.0. The predicted molar refractivity (Wildman–Crippen MR) is 110 cm³/mol. The van der Waals surface area contributed by atoms with E-state index in [4.69, 9.17) is 10.2 Å². The van der Waals surface area contributed by atoms with E-state index in [0.717, 1.165) is 32.1 Å². The fourth-order valence-electron chi connectivity index (χ4n) is 2.82. The van der Waals surface area contributed by atoms with Gasteiger partial charge in [-0.15, -0.1) is 0 Å². The van der Waals surface area contributed by atoms with Crippen molar-refractivity contribution in [3.05, 3.63) is 0 Å².